The lowest BCUT2D eigenvalue weighted by atomic mass is 9.49. The summed E-state index contributed by atoms with van der Waals surface area (Å²) < 4.78 is 37.5. The second kappa shape index (κ2) is 11.9. The first-order chi connectivity index (χ1) is 18.0. The predicted molar refractivity (Wildman–Crippen MR) is 135 cm³/mol. The summed E-state index contributed by atoms with van der Waals surface area (Å²) in [6.45, 7) is 2.41. The van der Waals surface area contributed by atoms with Crippen LogP contribution in [0.1, 0.15) is 68.1 Å². The third-order valence-electron chi connectivity index (χ3n) is 8.23. The van der Waals surface area contributed by atoms with Crippen LogP contribution in [0.15, 0.2) is 29.3 Å². The van der Waals surface area contributed by atoms with Crippen LogP contribution in [0.2, 0.25) is 0 Å². The van der Waals surface area contributed by atoms with E-state index in [1.807, 2.05) is 0 Å². The average molecular weight is 540 g/mol. The first-order valence-electron chi connectivity index (χ1n) is 13.3. The monoisotopic (exact) mass is 539 g/mol. The Kier molecular flexibility index (Phi) is 8.85. The van der Waals surface area contributed by atoms with Crippen LogP contribution in [-0.4, -0.2) is 60.1 Å². The Balaban J connectivity index is 0.000000426. The smallest absolute Gasteiger partial charge is 0.478 e. The molecule has 0 aromatic heterocycles. The number of carboxylic acid groups (broad SMARTS) is 2. The van der Waals surface area contributed by atoms with E-state index < -0.39 is 18.1 Å². The Bertz CT molecular complexity index is 971. The fraction of sp³-hybridized carbons (Fsp3) is 0.667. The van der Waals surface area contributed by atoms with Gasteiger partial charge in [0.1, 0.15) is 0 Å². The minimum absolute atomic E-state index is 0.205. The van der Waals surface area contributed by atoms with Crippen LogP contribution in [-0.2, 0) is 9.53 Å². The molecule has 4 bridgehead atoms. The van der Waals surface area contributed by atoms with Crippen LogP contribution < -0.4 is 10.6 Å². The highest BCUT2D eigenvalue weighted by Gasteiger charge is 2.50. The van der Waals surface area contributed by atoms with E-state index in [0.29, 0.717) is 12.0 Å². The maximum atomic E-state index is 11.1. The number of aliphatic carboxylic acids is 1. The number of alkyl halides is 3. The molecule has 4 N–H and O–H groups in total. The summed E-state index contributed by atoms with van der Waals surface area (Å²) in [5.74, 6) is 0.0302. The maximum absolute atomic E-state index is 11.1. The second-order valence-corrected chi connectivity index (χ2v) is 11.2. The van der Waals surface area contributed by atoms with Gasteiger partial charge >= 0.3 is 18.1 Å². The van der Waals surface area contributed by atoms with Crippen molar-refractivity contribution in [3.05, 3.63) is 29.8 Å². The van der Waals surface area contributed by atoms with Gasteiger partial charge in [-0.3, -0.25) is 4.99 Å². The van der Waals surface area contributed by atoms with Gasteiger partial charge in [-0.05, 0) is 105 Å². The molecule has 1 atom stereocenters. The number of ether oxygens (including phenoxy) is 1. The van der Waals surface area contributed by atoms with Crippen molar-refractivity contribution in [1.29, 1.82) is 0 Å². The number of aliphatic imine (C=N–C) groups is 1. The van der Waals surface area contributed by atoms with Crippen LogP contribution in [0.3, 0.4) is 0 Å². The standard InChI is InChI=1S/C25H35N3O3.C2HF3O2/c29-23(30)20-3-5-21(6-4-20)28-24(27-16-22-2-1-9-31-22)26-8-7-25-13-17-10-18(14-25)12-19(11-17)15-25;3-2(4,5)1(6)7/h3-6,17-19,22H,1-2,7-16H2,(H,29,30)(H2,26,27,28);(H,6,7). The fourth-order valence-corrected chi connectivity index (χ4v) is 7.00. The van der Waals surface area contributed by atoms with Gasteiger partial charge in [-0.2, -0.15) is 13.2 Å². The molecular formula is C27H36F3N3O5. The first kappa shape index (κ1) is 28.2. The van der Waals surface area contributed by atoms with Crippen LogP contribution in [0.5, 0.6) is 0 Å². The number of hydrogen-bond acceptors (Lipinski definition) is 4. The largest absolute Gasteiger partial charge is 0.490 e. The number of benzene rings is 1. The highest BCUT2D eigenvalue weighted by Crippen LogP contribution is 2.61. The summed E-state index contributed by atoms with van der Waals surface area (Å²) in [6, 6.07) is 6.84. The molecule has 11 heteroatoms. The highest BCUT2D eigenvalue weighted by molar-refractivity contribution is 5.94. The fourth-order valence-electron chi connectivity index (χ4n) is 7.00. The summed E-state index contributed by atoms with van der Waals surface area (Å²) in [4.78, 5) is 24.8. The minimum Gasteiger partial charge on any atom is -0.478 e. The molecule has 1 unspecified atom stereocenters. The number of carboxylic acids is 2. The van der Waals surface area contributed by atoms with Crippen molar-refractivity contribution >= 4 is 23.6 Å². The summed E-state index contributed by atoms with van der Waals surface area (Å²) >= 11 is 0. The van der Waals surface area contributed by atoms with Crippen molar-refractivity contribution in [3.63, 3.8) is 0 Å². The van der Waals surface area contributed by atoms with Gasteiger partial charge in [0.25, 0.3) is 0 Å². The number of anilines is 1. The highest BCUT2D eigenvalue weighted by atomic mass is 19.4. The molecule has 210 valence electrons. The van der Waals surface area contributed by atoms with E-state index in [-0.39, 0.29) is 11.7 Å². The summed E-state index contributed by atoms with van der Waals surface area (Å²) in [6.07, 6.45) is 7.23. The molecule has 0 amide bonds. The number of nitrogens with one attached hydrogen (secondary N) is 2. The van der Waals surface area contributed by atoms with Crippen molar-refractivity contribution in [1.82, 2.24) is 5.32 Å². The predicted octanol–water partition coefficient (Wildman–Crippen LogP) is 5.16. The van der Waals surface area contributed by atoms with Crippen LogP contribution in [0, 0.1) is 23.2 Å². The van der Waals surface area contributed by atoms with Gasteiger partial charge in [-0.15, -0.1) is 0 Å². The van der Waals surface area contributed by atoms with E-state index in [1.54, 1.807) is 24.3 Å². The Morgan fingerprint density at radius 3 is 2.08 bits per heavy atom. The van der Waals surface area contributed by atoms with Gasteiger partial charge in [0.2, 0.25) is 0 Å². The number of carbonyl (C=O) groups is 2. The third-order valence-corrected chi connectivity index (χ3v) is 8.23. The second-order valence-electron chi connectivity index (χ2n) is 11.2. The minimum atomic E-state index is -5.08. The van der Waals surface area contributed by atoms with Gasteiger partial charge in [-0.25, -0.2) is 9.59 Å². The third kappa shape index (κ3) is 7.61. The van der Waals surface area contributed by atoms with Crippen molar-refractivity contribution in [3.8, 4) is 0 Å². The van der Waals surface area contributed by atoms with Crippen molar-refractivity contribution in [2.24, 2.45) is 28.2 Å². The maximum Gasteiger partial charge on any atom is 0.490 e. The molecule has 0 spiro atoms. The molecule has 6 rings (SSSR count). The molecule has 1 heterocycles. The zero-order valence-corrected chi connectivity index (χ0v) is 21.3. The van der Waals surface area contributed by atoms with Crippen LogP contribution in [0.25, 0.3) is 0 Å². The number of rotatable bonds is 7. The van der Waals surface area contributed by atoms with Gasteiger partial charge in [-0.1, -0.05) is 0 Å². The molecule has 5 aliphatic rings. The quantitative estimate of drug-likeness (QED) is 0.279. The normalized spacial score (nSPS) is 29.9. The lowest BCUT2D eigenvalue weighted by molar-refractivity contribution is -0.192. The lowest BCUT2D eigenvalue weighted by Gasteiger charge is -2.57. The number of nitrogens with zero attached hydrogens (tertiary/aromatic N) is 1. The molecule has 1 aliphatic heterocycles. The van der Waals surface area contributed by atoms with Crippen molar-refractivity contribution in [2.45, 2.75) is 70.1 Å². The molecule has 0 radical (unpaired) electrons. The first-order valence-corrected chi connectivity index (χ1v) is 13.3. The van der Waals surface area contributed by atoms with Gasteiger partial charge < -0.3 is 25.6 Å². The zero-order valence-electron chi connectivity index (χ0n) is 21.3. The number of halogens is 3. The van der Waals surface area contributed by atoms with E-state index in [4.69, 9.17) is 24.7 Å². The zero-order chi connectivity index (χ0) is 27.3. The van der Waals surface area contributed by atoms with Crippen LogP contribution >= 0.6 is 0 Å². The number of hydrogen-bond donors (Lipinski definition) is 4. The van der Waals surface area contributed by atoms with Gasteiger partial charge in [0.05, 0.1) is 18.2 Å². The Morgan fingerprint density at radius 1 is 1.03 bits per heavy atom. The van der Waals surface area contributed by atoms with E-state index in [0.717, 1.165) is 55.4 Å². The van der Waals surface area contributed by atoms with E-state index in [9.17, 15) is 18.0 Å². The van der Waals surface area contributed by atoms with Gasteiger partial charge in [0.15, 0.2) is 5.96 Å². The van der Waals surface area contributed by atoms with Crippen LogP contribution in [0.4, 0.5) is 18.9 Å². The Hall–Kier alpha value is -2.82. The number of aromatic carboxylic acids is 1. The molecule has 5 fully saturated rings. The van der Waals surface area contributed by atoms with Crippen molar-refractivity contribution < 1.29 is 37.7 Å². The molecule has 1 aromatic rings. The molecule has 1 aromatic carbocycles. The molecule has 38 heavy (non-hydrogen) atoms. The molecule has 8 nitrogen and oxygen atoms in total. The topological polar surface area (TPSA) is 120 Å². The molecule has 4 saturated carbocycles. The lowest BCUT2D eigenvalue weighted by Crippen LogP contribution is -2.47. The van der Waals surface area contributed by atoms with Crippen molar-refractivity contribution in [2.75, 3.05) is 25.0 Å². The summed E-state index contributed by atoms with van der Waals surface area (Å²) in [7, 11) is 0. The SMILES string of the molecule is O=C(O)C(F)(F)F.O=C(O)c1ccc(NC(=NCC2CCCO2)NCCC23CC4CC(CC(C4)C2)C3)cc1. The van der Waals surface area contributed by atoms with E-state index in [2.05, 4.69) is 10.6 Å². The summed E-state index contributed by atoms with van der Waals surface area (Å²) in [5, 5.41) is 23.2. The summed E-state index contributed by atoms with van der Waals surface area (Å²) in [5.41, 5.74) is 1.68. The molecular weight excluding hydrogens is 503 g/mol. The van der Waals surface area contributed by atoms with Gasteiger partial charge in [0, 0.05) is 18.8 Å². The Morgan fingerprint density at radius 2 is 1.61 bits per heavy atom. The molecule has 1 saturated heterocycles. The van der Waals surface area contributed by atoms with E-state index in [1.165, 1.54) is 44.9 Å². The molecule has 4 aliphatic carbocycles. The van der Waals surface area contributed by atoms with E-state index >= 15 is 0 Å². The number of guanidine groups is 1. The average Bonchev–Trinajstić information content (AvgIpc) is 3.35. The Labute approximate surface area is 220 Å².